The van der Waals surface area contributed by atoms with Crippen molar-refractivity contribution >= 4 is 0 Å². The van der Waals surface area contributed by atoms with Gasteiger partial charge in [-0.1, -0.05) is 12.1 Å². The summed E-state index contributed by atoms with van der Waals surface area (Å²) in [5.41, 5.74) is 1.01. The molecule has 6 heteroatoms. The Bertz CT molecular complexity index is 883. The molecule has 1 heterocycles. The second-order valence-electron chi connectivity index (χ2n) is 5.33. The molecule has 0 fully saturated rings. The van der Waals surface area contributed by atoms with E-state index in [-0.39, 0.29) is 5.75 Å². The van der Waals surface area contributed by atoms with Gasteiger partial charge in [-0.15, -0.1) is 0 Å². The van der Waals surface area contributed by atoms with Gasteiger partial charge in [0.1, 0.15) is 23.5 Å². The van der Waals surface area contributed by atoms with Crippen molar-refractivity contribution in [2.75, 3.05) is 13.2 Å². The van der Waals surface area contributed by atoms with Crippen molar-refractivity contribution < 1.29 is 19.3 Å². The van der Waals surface area contributed by atoms with Crippen LogP contribution in [0.2, 0.25) is 0 Å². The lowest BCUT2D eigenvalue weighted by Crippen LogP contribution is -1.97. The Kier molecular flexibility index (Phi) is 5.53. The fraction of sp³-hybridized carbons (Fsp3) is 0.200. The van der Waals surface area contributed by atoms with Gasteiger partial charge in [0.15, 0.2) is 17.2 Å². The van der Waals surface area contributed by atoms with Crippen LogP contribution in [-0.4, -0.2) is 28.3 Å². The van der Waals surface area contributed by atoms with E-state index in [0.29, 0.717) is 47.5 Å². The zero-order chi connectivity index (χ0) is 18.4. The van der Waals surface area contributed by atoms with Gasteiger partial charge < -0.3 is 19.3 Å². The fourth-order valence-electron chi connectivity index (χ4n) is 2.49. The minimum absolute atomic E-state index is 0.0533. The van der Waals surface area contributed by atoms with Crippen LogP contribution in [0, 0.1) is 0 Å². The van der Waals surface area contributed by atoms with E-state index in [1.807, 2.05) is 32.0 Å². The van der Waals surface area contributed by atoms with Crippen LogP contribution < -0.4 is 14.2 Å². The molecule has 0 spiro atoms. The third-order valence-electron chi connectivity index (χ3n) is 3.58. The molecule has 0 aliphatic heterocycles. The number of nitrogens with zero attached hydrogens (tertiary/aromatic N) is 2. The predicted octanol–water partition coefficient (Wildman–Crippen LogP) is 4.44. The number of aromatic nitrogens is 2. The zero-order valence-electron chi connectivity index (χ0n) is 14.7. The second-order valence-corrected chi connectivity index (χ2v) is 5.33. The number of phenolic OH excluding ortho intramolecular Hbond substituents is 1. The van der Waals surface area contributed by atoms with Gasteiger partial charge >= 0.3 is 0 Å². The van der Waals surface area contributed by atoms with Crippen LogP contribution >= 0.6 is 0 Å². The molecular weight excluding hydrogens is 332 g/mol. The summed E-state index contributed by atoms with van der Waals surface area (Å²) in [6.45, 7) is 4.84. The number of hydrogen-bond acceptors (Lipinski definition) is 6. The average molecular weight is 352 g/mol. The van der Waals surface area contributed by atoms with Gasteiger partial charge in [0, 0.05) is 11.6 Å². The van der Waals surface area contributed by atoms with Crippen molar-refractivity contribution in [3.63, 3.8) is 0 Å². The van der Waals surface area contributed by atoms with E-state index in [1.54, 1.807) is 30.5 Å². The molecule has 26 heavy (non-hydrogen) atoms. The van der Waals surface area contributed by atoms with Gasteiger partial charge in [-0.25, -0.2) is 9.97 Å². The Labute approximate surface area is 152 Å². The third-order valence-corrected chi connectivity index (χ3v) is 3.58. The standard InChI is InChI=1S/C20H20N2O4/c1-3-24-14-9-10-15(16(23)11-14)20-19(12-21-13-22-20)26-18-8-6-5-7-17(18)25-4-2/h5-13,23H,3-4H2,1-2H3. The van der Waals surface area contributed by atoms with E-state index < -0.39 is 0 Å². The molecule has 0 amide bonds. The summed E-state index contributed by atoms with van der Waals surface area (Å²) in [5, 5.41) is 10.4. The molecule has 0 radical (unpaired) electrons. The lowest BCUT2D eigenvalue weighted by molar-refractivity contribution is 0.321. The first-order chi connectivity index (χ1) is 12.7. The van der Waals surface area contributed by atoms with E-state index in [4.69, 9.17) is 14.2 Å². The molecule has 3 aromatic rings. The van der Waals surface area contributed by atoms with Crippen LogP contribution in [0.3, 0.4) is 0 Å². The van der Waals surface area contributed by atoms with Crippen LogP contribution in [0.4, 0.5) is 0 Å². The number of rotatable bonds is 7. The van der Waals surface area contributed by atoms with Crippen molar-refractivity contribution in [1.82, 2.24) is 9.97 Å². The number of aromatic hydroxyl groups is 1. The Morgan fingerprint density at radius 2 is 1.69 bits per heavy atom. The minimum Gasteiger partial charge on any atom is -0.507 e. The molecule has 0 bridgehead atoms. The smallest absolute Gasteiger partial charge is 0.172 e. The normalized spacial score (nSPS) is 10.4. The van der Waals surface area contributed by atoms with E-state index >= 15 is 0 Å². The maximum absolute atomic E-state index is 10.4. The van der Waals surface area contributed by atoms with Gasteiger partial charge in [0.05, 0.1) is 19.4 Å². The zero-order valence-corrected chi connectivity index (χ0v) is 14.7. The van der Waals surface area contributed by atoms with Crippen LogP contribution in [0.25, 0.3) is 11.3 Å². The Morgan fingerprint density at radius 1 is 0.923 bits per heavy atom. The molecule has 3 rings (SSSR count). The minimum atomic E-state index is 0.0533. The van der Waals surface area contributed by atoms with Crippen molar-refractivity contribution in [3.8, 4) is 40.0 Å². The summed E-state index contributed by atoms with van der Waals surface area (Å²) >= 11 is 0. The molecule has 1 aromatic heterocycles. The van der Waals surface area contributed by atoms with Crippen LogP contribution in [0.5, 0.6) is 28.7 Å². The average Bonchev–Trinajstić information content (AvgIpc) is 2.65. The second kappa shape index (κ2) is 8.20. The molecule has 134 valence electrons. The first-order valence-electron chi connectivity index (χ1n) is 8.38. The molecule has 0 aliphatic rings. The van der Waals surface area contributed by atoms with Gasteiger partial charge in [-0.05, 0) is 38.1 Å². The first kappa shape index (κ1) is 17.5. The summed E-state index contributed by atoms with van der Waals surface area (Å²) in [7, 11) is 0. The Morgan fingerprint density at radius 3 is 2.42 bits per heavy atom. The van der Waals surface area contributed by atoms with Crippen LogP contribution in [0.15, 0.2) is 55.0 Å². The maximum Gasteiger partial charge on any atom is 0.172 e. The number of para-hydroxylation sites is 2. The molecule has 0 saturated heterocycles. The maximum atomic E-state index is 10.4. The Hall–Kier alpha value is -3.28. The Balaban J connectivity index is 1.97. The SMILES string of the molecule is CCOc1ccc(-c2ncncc2Oc2ccccc2OCC)c(O)c1. The predicted molar refractivity (Wildman–Crippen MR) is 98.0 cm³/mol. The molecular formula is C20H20N2O4. The third kappa shape index (κ3) is 3.85. The summed E-state index contributed by atoms with van der Waals surface area (Å²) in [6, 6.07) is 12.4. The molecule has 2 aromatic carbocycles. The van der Waals surface area contributed by atoms with Gasteiger partial charge in [-0.3, -0.25) is 0 Å². The van der Waals surface area contributed by atoms with Gasteiger partial charge in [0.25, 0.3) is 0 Å². The molecule has 0 saturated carbocycles. The molecule has 0 aliphatic carbocycles. The van der Waals surface area contributed by atoms with E-state index in [9.17, 15) is 5.11 Å². The number of phenols is 1. The summed E-state index contributed by atoms with van der Waals surface area (Å²) in [6.07, 6.45) is 2.97. The summed E-state index contributed by atoms with van der Waals surface area (Å²) in [4.78, 5) is 8.32. The van der Waals surface area contributed by atoms with Gasteiger partial charge in [-0.2, -0.15) is 0 Å². The van der Waals surface area contributed by atoms with Gasteiger partial charge in [0.2, 0.25) is 0 Å². The highest BCUT2D eigenvalue weighted by molar-refractivity contribution is 5.73. The van der Waals surface area contributed by atoms with E-state index in [1.165, 1.54) is 6.33 Å². The van der Waals surface area contributed by atoms with Crippen LogP contribution in [-0.2, 0) is 0 Å². The monoisotopic (exact) mass is 352 g/mol. The first-order valence-corrected chi connectivity index (χ1v) is 8.38. The highest BCUT2D eigenvalue weighted by atomic mass is 16.5. The molecule has 1 N–H and O–H groups in total. The summed E-state index contributed by atoms with van der Waals surface area (Å²) in [5.74, 6) is 2.24. The molecule has 0 atom stereocenters. The molecule has 6 nitrogen and oxygen atoms in total. The molecule has 0 unspecified atom stereocenters. The number of hydrogen-bond donors (Lipinski definition) is 1. The van der Waals surface area contributed by atoms with Crippen LogP contribution in [0.1, 0.15) is 13.8 Å². The lowest BCUT2D eigenvalue weighted by Gasteiger charge is -2.14. The lowest BCUT2D eigenvalue weighted by atomic mass is 10.1. The van der Waals surface area contributed by atoms with Crippen molar-refractivity contribution in [1.29, 1.82) is 0 Å². The van der Waals surface area contributed by atoms with E-state index in [2.05, 4.69) is 9.97 Å². The number of ether oxygens (including phenoxy) is 3. The van der Waals surface area contributed by atoms with Crippen molar-refractivity contribution in [3.05, 3.63) is 55.0 Å². The largest absolute Gasteiger partial charge is 0.507 e. The highest BCUT2D eigenvalue weighted by Crippen LogP contribution is 2.39. The van der Waals surface area contributed by atoms with Crippen molar-refractivity contribution in [2.45, 2.75) is 13.8 Å². The number of benzene rings is 2. The van der Waals surface area contributed by atoms with Crippen molar-refractivity contribution in [2.24, 2.45) is 0 Å². The highest BCUT2D eigenvalue weighted by Gasteiger charge is 2.15. The quantitative estimate of drug-likeness (QED) is 0.678. The topological polar surface area (TPSA) is 73.7 Å². The fourth-order valence-corrected chi connectivity index (χ4v) is 2.49. The summed E-state index contributed by atoms with van der Waals surface area (Å²) < 4.78 is 17.0. The van der Waals surface area contributed by atoms with E-state index in [0.717, 1.165) is 0 Å².